The second kappa shape index (κ2) is 25.6. The van der Waals surface area contributed by atoms with E-state index in [0.717, 1.165) is 52.5 Å². The van der Waals surface area contributed by atoms with Gasteiger partial charge in [-0.15, -0.1) is 22.0 Å². The lowest BCUT2D eigenvalue weighted by molar-refractivity contribution is -0.115. The monoisotopic (exact) mass is 1220 g/mol. The molecule has 404 valence electrons. The van der Waals surface area contributed by atoms with Gasteiger partial charge in [-0.25, -0.2) is 0 Å². The van der Waals surface area contributed by atoms with Crippen molar-refractivity contribution in [2.45, 2.75) is 46.4 Å². The van der Waals surface area contributed by atoms with E-state index < -0.39 is 105 Å². The zero-order valence-electron chi connectivity index (χ0n) is 37.7. The van der Waals surface area contributed by atoms with Crippen molar-refractivity contribution in [1.29, 1.82) is 0 Å². The van der Waals surface area contributed by atoms with Gasteiger partial charge in [0.2, 0.25) is 23.7 Å². The zero-order valence-corrected chi connectivity index (χ0v) is 45.7. The van der Waals surface area contributed by atoms with Gasteiger partial charge in [0.25, 0.3) is 50.6 Å². The Morgan fingerprint density at radius 3 is 1.85 bits per heavy atom. The number of hydrogen-bond donors (Lipinski definition) is 9. The molecule has 1 unspecified atom stereocenters. The molecule has 0 saturated heterocycles. The van der Waals surface area contributed by atoms with Gasteiger partial charge in [-0.2, -0.15) is 78.6 Å². The number of aromatic hydroxyl groups is 1. The van der Waals surface area contributed by atoms with Crippen molar-refractivity contribution in [3.8, 4) is 11.6 Å². The third-order valence-electron chi connectivity index (χ3n) is 9.16. The topological polar surface area (TPSA) is 426 Å². The van der Waals surface area contributed by atoms with Crippen molar-refractivity contribution < 1.29 is 74.8 Å². The molecule has 0 radical (unpaired) electrons. The molecule has 0 aliphatic rings. The fourth-order valence-corrected chi connectivity index (χ4v) is 13.1. The molecule has 5 aromatic rings. The summed E-state index contributed by atoms with van der Waals surface area (Å²) in [4.78, 5) is 25.0. The summed E-state index contributed by atoms with van der Waals surface area (Å²) in [5.74, 6) is -2.46. The number of hydrogen-bond acceptors (Lipinski definition) is 23. The third kappa shape index (κ3) is 19.3. The molecule has 0 aliphatic carbocycles. The highest BCUT2D eigenvalue weighted by molar-refractivity contribution is 8.04. The van der Waals surface area contributed by atoms with Gasteiger partial charge in [0, 0.05) is 28.6 Å². The van der Waals surface area contributed by atoms with Crippen LogP contribution in [-0.4, -0.2) is 146 Å². The molecule has 2 aromatic heterocycles. The average Bonchev–Trinajstić information content (AvgIpc) is 3.55. The summed E-state index contributed by atoms with van der Waals surface area (Å²) in [7, 11) is -22.6. The lowest BCUT2D eigenvalue weighted by Gasteiger charge is -2.17. The van der Waals surface area contributed by atoms with Gasteiger partial charge >= 0.3 is 0 Å². The SMILES string of the molecule is Cc1nn(-c2cc(Cl)c(S(=O)(=O)O)cc2Cl)c(O)c1N=Nc1ccc(Nc2nc(Nc3cccc(NC(=O)C(CSCCCS(=O)(=O)O)SCCCS(=O)(=O)O)c3)nc(SCCCS(=O)(=O)O)n2)cc1S(=O)(=O)O. The number of thioether (sulfide) groups is 3. The lowest BCUT2D eigenvalue weighted by Crippen LogP contribution is -2.28. The van der Waals surface area contributed by atoms with Crippen molar-refractivity contribution in [2.75, 3.05) is 56.2 Å². The van der Waals surface area contributed by atoms with Crippen LogP contribution < -0.4 is 16.0 Å². The zero-order chi connectivity index (χ0) is 54.8. The first kappa shape index (κ1) is 60.4. The number of aryl methyl sites for hydroxylation is 1. The van der Waals surface area contributed by atoms with E-state index in [2.05, 4.69) is 46.2 Å². The number of azo groups is 1. The maximum atomic E-state index is 13.5. The number of halogens is 2. The Kier molecular flexibility index (Phi) is 20.9. The van der Waals surface area contributed by atoms with Crippen LogP contribution in [0, 0.1) is 6.92 Å². The predicted molar refractivity (Wildman–Crippen MR) is 279 cm³/mol. The molecule has 3 aromatic carbocycles. The number of rotatable bonds is 27. The molecule has 27 nitrogen and oxygen atoms in total. The highest BCUT2D eigenvalue weighted by atomic mass is 35.5. The maximum Gasteiger partial charge on any atom is 0.296 e. The van der Waals surface area contributed by atoms with Gasteiger partial charge in [0.1, 0.15) is 15.5 Å². The van der Waals surface area contributed by atoms with Crippen LogP contribution in [0.2, 0.25) is 10.0 Å². The van der Waals surface area contributed by atoms with E-state index in [0.29, 0.717) is 5.69 Å². The Morgan fingerprint density at radius 1 is 0.689 bits per heavy atom. The first-order chi connectivity index (χ1) is 34.3. The quantitative estimate of drug-likeness (QED) is 0.0118. The van der Waals surface area contributed by atoms with E-state index >= 15 is 0 Å². The number of nitrogens with zero attached hydrogens (tertiary/aromatic N) is 7. The molecule has 37 heteroatoms. The van der Waals surface area contributed by atoms with Crippen molar-refractivity contribution in [1.82, 2.24) is 24.7 Å². The van der Waals surface area contributed by atoms with Crippen LogP contribution in [0.5, 0.6) is 5.88 Å². The Hall–Kier alpha value is -4.47. The minimum atomic E-state index is -5.07. The van der Waals surface area contributed by atoms with Crippen LogP contribution in [0.1, 0.15) is 25.0 Å². The summed E-state index contributed by atoms with van der Waals surface area (Å²) in [6.45, 7) is 1.38. The number of nitrogens with one attached hydrogen (secondary N) is 3. The molecule has 5 rings (SSSR count). The van der Waals surface area contributed by atoms with Crippen molar-refractivity contribution in [3.63, 3.8) is 0 Å². The van der Waals surface area contributed by atoms with Crippen LogP contribution in [0.4, 0.5) is 40.3 Å². The van der Waals surface area contributed by atoms with Crippen molar-refractivity contribution >= 4 is 155 Å². The molecule has 0 spiro atoms. The number of carbonyl (C=O) groups is 1. The van der Waals surface area contributed by atoms with Gasteiger partial charge in [0.05, 0.1) is 43.9 Å². The molecule has 1 amide bonds. The molecular formula is C37H42Cl2N10O17S8. The van der Waals surface area contributed by atoms with E-state index in [-0.39, 0.29) is 92.8 Å². The molecule has 0 saturated carbocycles. The van der Waals surface area contributed by atoms with Crippen LogP contribution >= 0.6 is 58.5 Å². The minimum absolute atomic E-state index is 0.00169. The first-order valence-corrected chi connectivity index (χ1v) is 32.2. The Labute approximate surface area is 446 Å². The second-order valence-electron chi connectivity index (χ2n) is 15.0. The predicted octanol–water partition coefficient (Wildman–Crippen LogP) is 6.47. The molecule has 0 bridgehead atoms. The van der Waals surface area contributed by atoms with Gasteiger partial charge in [0.15, 0.2) is 10.8 Å². The molecular weight excluding hydrogens is 1180 g/mol. The molecule has 1 atom stereocenters. The van der Waals surface area contributed by atoms with E-state index in [1.165, 1.54) is 30.8 Å². The van der Waals surface area contributed by atoms with Crippen LogP contribution in [-0.2, 0) is 55.4 Å². The molecule has 74 heavy (non-hydrogen) atoms. The van der Waals surface area contributed by atoms with E-state index in [1.54, 1.807) is 18.2 Å². The fraction of sp³-hybridized carbons (Fsp3) is 0.324. The fourth-order valence-electron chi connectivity index (χ4n) is 5.95. The van der Waals surface area contributed by atoms with Crippen LogP contribution in [0.3, 0.4) is 0 Å². The first-order valence-electron chi connectivity index (χ1n) is 20.5. The number of carbonyl (C=O) groups excluding carboxylic acids is 1. The Morgan fingerprint density at radius 2 is 1.26 bits per heavy atom. The second-order valence-corrected chi connectivity index (χ2v) is 26.9. The summed E-state index contributed by atoms with van der Waals surface area (Å²) in [5, 5.41) is 29.9. The number of anilines is 5. The van der Waals surface area contributed by atoms with Crippen molar-refractivity contribution in [3.05, 3.63) is 70.3 Å². The van der Waals surface area contributed by atoms with Gasteiger partial charge < -0.3 is 21.1 Å². The average molecular weight is 1230 g/mol. The van der Waals surface area contributed by atoms with Gasteiger partial charge in [-0.05, 0) is 86.2 Å². The molecule has 0 aliphatic heterocycles. The van der Waals surface area contributed by atoms with Crippen LogP contribution in [0.25, 0.3) is 5.69 Å². The summed E-state index contributed by atoms with van der Waals surface area (Å²) in [5.41, 5.74) is -0.387. The summed E-state index contributed by atoms with van der Waals surface area (Å²) in [6.07, 6.45) is 0.108. The largest absolute Gasteiger partial charge is 0.492 e. The Bertz CT molecular complexity index is 3500. The number of benzene rings is 3. The highest BCUT2D eigenvalue weighted by Crippen LogP contribution is 2.39. The van der Waals surface area contributed by atoms with E-state index in [4.69, 9.17) is 32.3 Å². The van der Waals surface area contributed by atoms with Crippen molar-refractivity contribution in [2.24, 2.45) is 10.2 Å². The molecule has 2 heterocycles. The van der Waals surface area contributed by atoms with Gasteiger partial charge in [-0.3, -0.25) is 27.6 Å². The molecule has 9 N–H and O–H groups in total. The summed E-state index contributed by atoms with van der Waals surface area (Å²) >= 11 is 15.5. The highest BCUT2D eigenvalue weighted by Gasteiger charge is 2.25. The summed E-state index contributed by atoms with van der Waals surface area (Å²) < 4.78 is 164. The smallest absolute Gasteiger partial charge is 0.296 e. The normalized spacial score (nSPS) is 13.0. The third-order valence-corrected chi connectivity index (χ3v) is 17.7. The lowest BCUT2D eigenvalue weighted by atomic mass is 10.2. The van der Waals surface area contributed by atoms with E-state index in [1.807, 2.05) is 0 Å². The minimum Gasteiger partial charge on any atom is -0.492 e. The Balaban J connectivity index is 1.39. The summed E-state index contributed by atoms with van der Waals surface area (Å²) in [6, 6.07) is 11.4. The number of amides is 1. The molecule has 0 fully saturated rings. The standard InChI is InChI=1S/C37H42Cl2N10O17S8/c1-21-32(34(51)49(48-21)28-18-26(39)30(19-25(28)38)73(61,62)63)47-46-27-9-8-24(17-31(27)74(64,65)66)42-36-43-35(44-37(45-36)69-12-5-15-72(58,59)60)41-23-7-2-6-22(16-23)40-33(50)29(68-11-4-14-71(55,56)57)20-67-10-3-13-70(52,53)54/h2,6-9,16-19,29,51H,3-5,10-15,20H2,1H3,(H,40,50)(H,52,53,54)(H,55,56,57)(H,58,59,60)(H,61,62,63)(H,64,65,66)(H2,41,42,43,44,45). The maximum absolute atomic E-state index is 13.5. The number of aromatic nitrogens is 5. The van der Waals surface area contributed by atoms with Crippen LogP contribution in [0.15, 0.2) is 79.8 Å². The van der Waals surface area contributed by atoms with Gasteiger partial charge in [-0.1, -0.05) is 41.0 Å². The van der Waals surface area contributed by atoms with E-state index in [9.17, 15) is 65.6 Å².